The maximum atomic E-state index is 11.1. The number of aliphatic hydroxyl groups excluding tert-OH is 2. The Kier molecular flexibility index (Phi) is 26.5. The molecule has 0 radical (unpaired) electrons. The standard InChI is InChI=1S/C24H56N12O10S2.2Na/c37-8-12-45-10-4-25-19-31-21(27-6-14-47(39,40)41)35-23(33-19)29-17-2-1-3-18(16-17)30-24-34-20(26-5-11-46-13-9-38)32-22(36-24)28-7-15-48(42,43)44;;/h17-38H,1-16H2,(H,39,40,41)(H,42,43,44);;/q;2*+1/p-2. The molecular weight excluding hydrogens is 726 g/mol. The van der Waals surface area contributed by atoms with Crippen LogP contribution in [0.1, 0.15) is 25.7 Å². The Morgan fingerprint density at radius 3 is 1.24 bits per heavy atom. The van der Waals surface area contributed by atoms with Gasteiger partial charge in [-0.15, -0.1) is 0 Å². The summed E-state index contributed by atoms with van der Waals surface area (Å²) < 4.78 is 77.1. The SMILES string of the molecule is O=S(=O)([O-])CCNC1NC(NCCOCCO)NC(NC2CCCC(NC3NC(NCCOCCO)NC(NCCS(=O)(=O)[O-])N3)C2)N1.[Na+].[Na+]. The average Bonchev–Trinajstić information content (AvgIpc) is 3.00. The predicted molar refractivity (Wildman–Crippen MR) is 171 cm³/mol. The van der Waals surface area contributed by atoms with Crippen molar-refractivity contribution < 1.29 is 105 Å². The minimum atomic E-state index is -4.37. The Balaban J connectivity index is 0.00000625. The van der Waals surface area contributed by atoms with E-state index in [1.807, 2.05) is 0 Å². The molecule has 14 N–H and O–H groups in total. The molecule has 1 saturated carbocycles. The normalized spacial score (nSPS) is 29.2. The topological polar surface area (TPSA) is 318 Å². The molecule has 2 aliphatic heterocycles. The van der Waals surface area contributed by atoms with Crippen molar-refractivity contribution in [1.82, 2.24) is 63.8 Å². The van der Waals surface area contributed by atoms with Crippen LogP contribution in [0.25, 0.3) is 0 Å². The van der Waals surface area contributed by atoms with Crippen molar-refractivity contribution in [2.75, 3.05) is 77.3 Å². The molecule has 0 bridgehead atoms. The first-order valence-corrected chi connectivity index (χ1v) is 19.3. The molecule has 2 saturated heterocycles. The van der Waals surface area contributed by atoms with Gasteiger partial charge in [0.1, 0.15) is 37.7 Å². The van der Waals surface area contributed by atoms with Crippen LogP contribution in [0, 0.1) is 0 Å². The van der Waals surface area contributed by atoms with Gasteiger partial charge in [-0.05, 0) is 19.3 Å². The fraction of sp³-hybridized carbons (Fsp3) is 1.00. The molecular formula is C24H54N12Na2O10S2. The summed E-state index contributed by atoms with van der Waals surface area (Å²) in [5.74, 6) is -1.11. The van der Waals surface area contributed by atoms with Crippen LogP contribution in [0.4, 0.5) is 0 Å². The summed E-state index contributed by atoms with van der Waals surface area (Å²) in [6, 6.07) is 0.178. The maximum Gasteiger partial charge on any atom is 1.00 e. The summed E-state index contributed by atoms with van der Waals surface area (Å²) in [6.45, 7) is 1.90. The third kappa shape index (κ3) is 22.5. The van der Waals surface area contributed by atoms with Crippen LogP contribution < -0.4 is 123 Å². The first kappa shape index (κ1) is 49.2. The molecule has 3 fully saturated rings. The van der Waals surface area contributed by atoms with E-state index in [0.717, 1.165) is 25.7 Å². The smallest absolute Gasteiger partial charge is 0.748 e. The molecule has 26 heteroatoms. The largest absolute Gasteiger partial charge is 1.00 e. The van der Waals surface area contributed by atoms with Gasteiger partial charge in [0.05, 0.1) is 71.4 Å². The van der Waals surface area contributed by atoms with E-state index in [4.69, 9.17) is 19.7 Å². The number of nitrogens with one attached hydrogen (secondary N) is 12. The Morgan fingerprint density at radius 1 is 0.560 bits per heavy atom. The van der Waals surface area contributed by atoms with Crippen molar-refractivity contribution >= 4 is 20.2 Å². The number of rotatable bonds is 24. The van der Waals surface area contributed by atoms with Crippen molar-refractivity contribution in [2.24, 2.45) is 0 Å². The summed E-state index contributed by atoms with van der Waals surface area (Å²) in [6.07, 6.45) is 0.873. The molecule has 0 spiro atoms. The van der Waals surface area contributed by atoms with Gasteiger partial charge in [0.15, 0.2) is 0 Å². The molecule has 1 aliphatic carbocycles. The molecule has 0 aromatic heterocycles. The Labute approximate surface area is 339 Å². The van der Waals surface area contributed by atoms with E-state index in [1.54, 1.807) is 0 Å². The fourth-order valence-electron chi connectivity index (χ4n) is 5.46. The van der Waals surface area contributed by atoms with Gasteiger partial charge in [0.25, 0.3) is 0 Å². The number of aliphatic hydroxyl groups is 2. The zero-order valence-corrected chi connectivity index (χ0v) is 34.5. The molecule has 8 unspecified atom stereocenters. The molecule has 50 heavy (non-hydrogen) atoms. The molecule has 3 rings (SSSR count). The minimum Gasteiger partial charge on any atom is -0.748 e. The van der Waals surface area contributed by atoms with Crippen LogP contribution >= 0.6 is 0 Å². The predicted octanol–water partition coefficient (Wildman–Crippen LogP) is -13.8. The van der Waals surface area contributed by atoms with Crippen molar-refractivity contribution in [1.29, 1.82) is 0 Å². The molecule has 2 heterocycles. The first-order chi connectivity index (χ1) is 22.9. The number of ether oxygens (including phenoxy) is 2. The summed E-state index contributed by atoms with van der Waals surface area (Å²) in [7, 11) is -8.75. The van der Waals surface area contributed by atoms with E-state index < -0.39 is 69.5 Å². The maximum absolute atomic E-state index is 11.1. The van der Waals surface area contributed by atoms with Crippen molar-refractivity contribution in [3.8, 4) is 0 Å². The van der Waals surface area contributed by atoms with Gasteiger partial charge < -0.3 is 28.8 Å². The van der Waals surface area contributed by atoms with Crippen LogP contribution in [0.2, 0.25) is 0 Å². The Morgan fingerprint density at radius 2 is 0.900 bits per heavy atom. The second-order valence-corrected chi connectivity index (χ2v) is 14.6. The number of hydrogen-bond acceptors (Lipinski definition) is 22. The van der Waals surface area contributed by atoms with Crippen molar-refractivity contribution in [3.63, 3.8) is 0 Å². The van der Waals surface area contributed by atoms with E-state index in [0.29, 0.717) is 26.3 Å². The van der Waals surface area contributed by atoms with E-state index in [-0.39, 0.29) is 111 Å². The third-order valence-corrected chi connectivity index (χ3v) is 8.95. The summed E-state index contributed by atoms with van der Waals surface area (Å²) in [5, 5.41) is 57.3. The Hall–Kier alpha value is 1.18. The van der Waals surface area contributed by atoms with Gasteiger partial charge in [-0.2, -0.15) is 0 Å². The number of hydrogen-bond donors (Lipinski definition) is 14. The molecule has 22 nitrogen and oxygen atoms in total. The van der Waals surface area contributed by atoms with Gasteiger partial charge >= 0.3 is 59.1 Å². The van der Waals surface area contributed by atoms with Crippen LogP contribution in [-0.4, -0.2) is 163 Å². The summed E-state index contributed by atoms with van der Waals surface area (Å²) >= 11 is 0. The molecule has 0 aromatic carbocycles. The van der Waals surface area contributed by atoms with Crippen LogP contribution in [0.3, 0.4) is 0 Å². The van der Waals surface area contributed by atoms with Gasteiger partial charge in [0, 0.05) is 38.3 Å². The first-order valence-electron chi connectivity index (χ1n) is 16.2. The minimum absolute atomic E-state index is 0. The molecule has 284 valence electrons. The Bertz CT molecular complexity index is 1030. The quantitative estimate of drug-likeness (QED) is 0.0246. The zero-order chi connectivity index (χ0) is 34.8. The van der Waals surface area contributed by atoms with Crippen LogP contribution in [0.15, 0.2) is 0 Å². The fourth-order valence-corrected chi connectivity index (χ4v) is 6.19. The van der Waals surface area contributed by atoms with E-state index in [2.05, 4.69) is 63.8 Å². The van der Waals surface area contributed by atoms with E-state index in [1.165, 1.54) is 0 Å². The van der Waals surface area contributed by atoms with E-state index >= 15 is 0 Å². The van der Waals surface area contributed by atoms with Gasteiger partial charge in [-0.3, -0.25) is 63.8 Å². The van der Waals surface area contributed by atoms with Crippen LogP contribution in [0.5, 0.6) is 0 Å². The summed E-state index contributed by atoms with van der Waals surface area (Å²) in [4.78, 5) is 0. The van der Waals surface area contributed by atoms with Crippen molar-refractivity contribution in [3.05, 3.63) is 0 Å². The van der Waals surface area contributed by atoms with Gasteiger partial charge in [-0.25, -0.2) is 16.8 Å². The van der Waals surface area contributed by atoms with E-state index in [9.17, 15) is 25.9 Å². The third-order valence-electron chi connectivity index (χ3n) is 7.54. The molecule has 8 atom stereocenters. The molecule has 3 aliphatic rings. The molecule has 0 aromatic rings. The summed E-state index contributed by atoms with van der Waals surface area (Å²) in [5.41, 5.74) is 0. The second kappa shape index (κ2) is 26.9. The molecule has 0 amide bonds. The monoisotopic (exact) mass is 780 g/mol. The van der Waals surface area contributed by atoms with Gasteiger partial charge in [-0.1, -0.05) is 6.42 Å². The van der Waals surface area contributed by atoms with Gasteiger partial charge in [0.2, 0.25) is 0 Å². The van der Waals surface area contributed by atoms with Crippen LogP contribution in [-0.2, 0) is 29.7 Å². The van der Waals surface area contributed by atoms with Crippen molar-refractivity contribution in [2.45, 2.75) is 75.5 Å². The zero-order valence-electron chi connectivity index (χ0n) is 28.9. The second-order valence-electron chi connectivity index (χ2n) is 11.5. The average molecular weight is 781 g/mol.